The van der Waals surface area contributed by atoms with Crippen molar-refractivity contribution >= 4 is 5.82 Å². The Morgan fingerprint density at radius 2 is 2.00 bits per heavy atom. The maximum Gasteiger partial charge on any atom is 0.246 e. The van der Waals surface area contributed by atoms with E-state index in [9.17, 15) is 0 Å². The van der Waals surface area contributed by atoms with Crippen LogP contribution in [-0.4, -0.2) is 34.8 Å². The topological polar surface area (TPSA) is 67.1 Å². The van der Waals surface area contributed by atoms with Crippen LogP contribution in [0, 0.1) is 0 Å². The fraction of sp³-hybridized carbons (Fsp3) is 0.611. The van der Waals surface area contributed by atoms with Crippen LogP contribution in [0.25, 0.3) is 11.4 Å². The number of hydrogen-bond donors (Lipinski definition) is 1. The van der Waals surface area contributed by atoms with Gasteiger partial charge in [-0.2, -0.15) is 4.98 Å². The van der Waals surface area contributed by atoms with Crippen LogP contribution in [-0.2, 0) is 5.54 Å². The summed E-state index contributed by atoms with van der Waals surface area (Å²) >= 11 is 0. The fourth-order valence-corrected chi connectivity index (χ4v) is 3.63. The molecule has 1 unspecified atom stereocenters. The first-order valence-electron chi connectivity index (χ1n) is 9.05. The smallest absolute Gasteiger partial charge is 0.246 e. The minimum absolute atomic E-state index is 0.204. The molecular weight excluding hydrogens is 302 g/mol. The maximum atomic E-state index is 5.55. The standard InChI is InChI=1S/C18H25N5O/c1-18(9-3-4-10-20-18)17-21-16(22-24-17)14-7-8-15(19-13-14)23-11-5-2-6-12-23/h7-8,13,20H,2-6,9-12H2,1H3. The average molecular weight is 327 g/mol. The molecule has 2 aromatic heterocycles. The van der Waals surface area contributed by atoms with Crippen molar-refractivity contribution in [2.75, 3.05) is 24.5 Å². The maximum absolute atomic E-state index is 5.55. The van der Waals surface area contributed by atoms with Crippen molar-refractivity contribution < 1.29 is 4.52 Å². The molecule has 128 valence electrons. The third-order valence-electron chi connectivity index (χ3n) is 5.20. The lowest BCUT2D eigenvalue weighted by Gasteiger charge is -2.31. The molecule has 2 aliphatic rings. The molecule has 1 atom stereocenters. The van der Waals surface area contributed by atoms with Crippen molar-refractivity contribution in [2.45, 2.75) is 51.0 Å². The zero-order valence-corrected chi connectivity index (χ0v) is 14.3. The second kappa shape index (κ2) is 6.51. The number of nitrogens with zero attached hydrogens (tertiary/aromatic N) is 4. The predicted molar refractivity (Wildman–Crippen MR) is 92.8 cm³/mol. The molecule has 0 bridgehead atoms. The summed E-state index contributed by atoms with van der Waals surface area (Å²) in [6.07, 6.45) is 9.11. The molecule has 0 spiro atoms. The summed E-state index contributed by atoms with van der Waals surface area (Å²) in [5, 5.41) is 7.68. The predicted octanol–water partition coefficient (Wildman–Crippen LogP) is 3.11. The van der Waals surface area contributed by atoms with Crippen LogP contribution in [0.15, 0.2) is 22.9 Å². The quantitative estimate of drug-likeness (QED) is 0.934. The van der Waals surface area contributed by atoms with Crippen molar-refractivity contribution in [3.8, 4) is 11.4 Å². The minimum Gasteiger partial charge on any atom is -0.357 e. The van der Waals surface area contributed by atoms with Gasteiger partial charge >= 0.3 is 0 Å². The summed E-state index contributed by atoms with van der Waals surface area (Å²) in [4.78, 5) is 11.6. The highest BCUT2D eigenvalue weighted by atomic mass is 16.5. The first-order valence-corrected chi connectivity index (χ1v) is 9.05. The van der Waals surface area contributed by atoms with Crippen LogP contribution < -0.4 is 10.2 Å². The van der Waals surface area contributed by atoms with Gasteiger partial charge in [0.25, 0.3) is 0 Å². The van der Waals surface area contributed by atoms with Gasteiger partial charge in [0.1, 0.15) is 5.82 Å². The van der Waals surface area contributed by atoms with E-state index in [2.05, 4.69) is 38.3 Å². The fourth-order valence-electron chi connectivity index (χ4n) is 3.63. The Morgan fingerprint density at radius 1 is 1.12 bits per heavy atom. The zero-order valence-electron chi connectivity index (χ0n) is 14.3. The van der Waals surface area contributed by atoms with Gasteiger partial charge in [0.15, 0.2) is 0 Å². The molecule has 1 N–H and O–H groups in total. The number of piperidine rings is 2. The van der Waals surface area contributed by atoms with Crippen LogP contribution in [0.1, 0.15) is 51.3 Å². The second-order valence-corrected chi connectivity index (χ2v) is 7.09. The average Bonchev–Trinajstić information content (AvgIpc) is 3.14. The summed E-state index contributed by atoms with van der Waals surface area (Å²) in [7, 11) is 0. The van der Waals surface area contributed by atoms with E-state index < -0.39 is 0 Å². The first-order chi connectivity index (χ1) is 11.7. The summed E-state index contributed by atoms with van der Waals surface area (Å²) in [6.45, 7) is 5.34. The Morgan fingerprint density at radius 3 is 2.71 bits per heavy atom. The van der Waals surface area contributed by atoms with E-state index in [4.69, 9.17) is 4.52 Å². The Labute approximate surface area is 142 Å². The Balaban J connectivity index is 1.51. The van der Waals surface area contributed by atoms with Crippen molar-refractivity contribution in [3.63, 3.8) is 0 Å². The highest BCUT2D eigenvalue weighted by Gasteiger charge is 2.34. The molecule has 6 nitrogen and oxygen atoms in total. The highest BCUT2D eigenvalue weighted by molar-refractivity contribution is 5.56. The van der Waals surface area contributed by atoms with E-state index in [1.807, 2.05) is 12.3 Å². The number of nitrogens with one attached hydrogen (secondary N) is 1. The lowest BCUT2D eigenvalue weighted by molar-refractivity contribution is 0.207. The number of aromatic nitrogens is 3. The SMILES string of the molecule is CC1(c2nc(-c3ccc(N4CCCCC4)nc3)no2)CCCCN1. The van der Waals surface area contributed by atoms with Gasteiger partial charge in [-0.3, -0.25) is 0 Å². The van der Waals surface area contributed by atoms with E-state index in [1.165, 1.54) is 32.1 Å². The van der Waals surface area contributed by atoms with E-state index in [0.29, 0.717) is 11.7 Å². The molecule has 6 heteroatoms. The summed E-state index contributed by atoms with van der Waals surface area (Å²) in [6, 6.07) is 4.11. The van der Waals surface area contributed by atoms with Gasteiger partial charge in [-0.05, 0) is 64.1 Å². The molecule has 2 aromatic rings. The van der Waals surface area contributed by atoms with Gasteiger partial charge in [-0.15, -0.1) is 0 Å². The summed E-state index contributed by atoms with van der Waals surface area (Å²) in [5.74, 6) is 2.34. The van der Waals surface area contributed by atoms with Crippen LogP contribution >= 0.6 is 0 Å². The molecule has 2 aliphatic heterocycles. The van der Waals surface area contributed by atoms with E-state index in [-0.39, 0.29) is 5.54 Å². The molecule has 2 fully saturated rings. The molecule has 2 saturated heterocycles. The third kappa shape index (κ3) is 3.02. The summed E-state index contributed by atoms with van der Waals surface area (Å²) in [5.41, 5.74) is 0.704. The van der Waals surface area contributed by atoms with Gasteiger partial charge in [-0.1, -0.05) is 5.16 Å². The third-order valence-corrected chi connectivity index (χ3v) is 5.20. The number of anilines is 1. The minimum atomic E-state index is -0.204. The molecule has 0 aromatic carbocycles. The molecule has 4 heterocycles. The Kier molecular flexibility index (Phi) is 4.22. The van der Waals surface area contributed by atoms with Crippen LogP contribution in [0.3, 0.4) is 0 Å². The van der Waals surface area contributed by atoms with Gasteiger partial charge in [-0.25, -0.2) is 4.98 Å². The molecule has 0 radical (unpaired) electrons. The van der Waals surface area contributed by atoms with Crippen molar-refractivity contribution in [3.05, 3.63) is 24.2 Å². The molecule has 4 rings (SSSR count). The van der Waals surface area contributed by atoms with E-state index >= 15 is 0 Å². The molecule has 0 saturated carbocycles. The Hall–Kier alpha value is -1.95. The normalized spacial score (nSPS) is 25.0. The molecule has 0 aliphatic carbocycles. The van der Waals surface area contributed by atoms with Crippen LogP contribution in [0.4, 0.5) is 5.82 Å². The first kappa shape index (κ1) is 15.6. The van der Waals surface area contributed by atoms with E-state index in [1.54, 1.807) is 0 Å². The van der Waals surface area contributed by atoms with Crippen molar-refractivity contribution in [2.24, 2.45) is 0 Å². The highest BCUT2D eigenvalue weighted by Crippen LogP contribution is 2.30. The van der Waals surface area contributed by atoms with Gasteiger partial charge in [0, 0.05) is 24.8 Å². The lowest BCUT2D eigenvalue weighted by atomic mass is 9.91. The Bertz CT molecular complexity index is 669. The monoisotopic (exact) mass is 327 g/mol. The zero-order chi connectivity index (χ0) is 16.4. The summed E-state index contributed by atoms with van der Waals surface area (Å²) < 4.78 is 5.55. The van der Waals surface area contributed by atoms with Gasteiger partial charge in [0.05, 0.1) is 5.54 Å². The molecule has 24 heavy (non-hydrogen) atoms. The largest absolute Gasteiger partial charge is 0.357 e. The van der Waals surface area contributed by atoms with Gasteiger partial charge < -0.3 is 14.7 Å². The lowest BCUT2D eigenvalue weighted by Crippen LogP contribution is -2.43. The van der Waals surface area contributed by atoms with Crippen molar-refractivity contribution in [1.29, 1.82) is 0 Å². The number of hydrogen-bond acceptors (Lipinski definition) is 6. The number of rotatable bonds is 3. The van der Waals surface area contributed by atoms with Crippen molar-refractivity contribution in [1.82, 2.24) is 20.4 Å². The molecular formula is C18H25N5O. The van der Waals surface area contributed by atoms with Crippen LogP contribution in [0.5, 0.6) is 0 Å². The number of pyridine rings is 1. The van der Waals surface area contributed by atoms with E-state index in [0.717, 1.165) is 37.4 Å². The van der Waals surface area contributed by atoms with Gasteiger partial charge in [0.2, 0.25) is 11.7 Å². The second-order valence-electron chi connectivity index (χ2n) is 7.09. The molecule has 0 amide bonds. The van der Waals surface area contributed by atoms with Crippen LogP contribution in [0.2, 0.25) is 0 Å².